The lowest BCUT2D eigenvalue weighted by molar-refractivity contribution is 0.0885. The summed E-state index contributed by atoms with van der Waals surface area (Å²) in [6.07, 6.45) is 8.60. The number of aromatic nitrogens is 4. The Kier molecular flexibility index (Phi) is 4.28. The maximum atomic E-state index is 12.5. The van der Waals surface area contributed by atoms with Crippen LogP contribution in [0.3, 0.4) is 0 Å². The van der Waals surface area contributed by atoms with Crippen LogP contribution in [-0.2, 0) is 0 Å². The Morgan fingerprint density at radius 2 is 1.92 bits per heavy atom. The molecule has 0 atom stereocenters. The van der Waals surface area contributed by atoms with Crippen LogP contribution in [0.4, 0.5) is 0 Å². The lowest BCUT2D eigenvalue weighted by atomic mass is 9.92. The van der Waals surface area contributed by atoms with Gasteiger partial charge in [-0.2, -0.15) is 0 Å². The van der Waals surface area contributed by atoms with E-state index < -0.39 is 0 Å². The molecule has 2 N–H and O–H groups in total. The van der Waals surface area contributed by atoms with Gasteiger partial charge >= 0.3 is 6.01 Å². The van der Waals surface area contributed by atoms with Gasteiger partial charge in [0.15, 0.2) is 0 Å². The number of H-pyrrole nitrogens is 1. The smallest absolute Gasteiger partial charge is 0.316 e. The second-order valence-electron chi connectivity index (χ2n) is 6.23. The number of rotatable bonds is 4. The Bertz CT molecular complexity index is 856. The fourth-order valence-electron chi connectivity index (χ4n) is 3.17. The Balaban J connectivity index is 1.31. The highest BCUT2D eigenvalue weighted by Crippen LogP contribution is 2.22. The van der Waals surface area contributed by atoms with Gasteiger partial charge in [-0.1, -0.05) is 0 Å². The molecule has 0 spiro atoms. The molecule has 0 saturated heterocycles. The van der Waals surface area contributed by atoms with Gasteiger partial charge in [-0.15, -0.1) is 0 Å². The predicted molar refractivity (Wildman–Crippen MR) is 92.3 cm³/mol. The van der Waals surface area contributed by atoms with Crippen LogP contribution < -0.4 is 10.1 Å². The molecule has 2 aromatic heterocycles. The molecule has 1 aliphatic rings. The molecular formula is C18H19N5O2. The van der Waals surface area contributed by atoms with Crippen LogP contribution in [0.25, 0.3) is 11.0 Å². The molecule has 1 fully saturated rings. The fourth-order valence-corrected chi connectivity index (χ4v) is 3.17. The third-order valence-electron chi connectivity index (χ3n) is 4.51. The van der Waals surface area contributed by atoms with Crippen LogP contribution in [0.2, 0.25) is 0 Å². The number of imidazole rings is 1. The molecule has 1 aliphatic carbocycles. The minimum absolute atomic E-state index is 0.0488. The lowest BCUT2D eigenvalue weighted by Gasteiger charge is -2.28. The normalized spacial score (nSPS) is 20.3. The quantitative estimate of drug-likeness (QED) is 0.763. The van der Waals surface area contributed by atoms with Crippen molar-refractivity contribution in [3.63, 3.8) is 0 Å². The Morgan fingerprint density at radius 1 is 1.12 bits per heavy atom. The van der Waals surface area contributed by atoms with Gasteiger partial charge in [-0.3, -0.25) is 4.79 Å². The van der Waals surface area contributed by atoms with E-state index in [1.807, 2.05) is 12.1 Å². The average Bonchev–Trinajstić information content (AvgIpc) is 3.12. The monoisotopic (exact) mass is 337 g/mol. The number of fused-ring (bicyclic) bond motifs is 1. The topological polar surface area (TPSA) is 92.8 Å². The number of benzene rings is 1. The van der Waals surface area contributed by atoms with Crippen molar-refractivity contribution in [3.05, 3.63) is 48.5 Å². The molecule has 1 amide bonds. The molecule has 128 valence electrons. The summed E-state index contributed by atoms with van der Waals surface area (Å²) >= 11 is 0. The van der Waals surface area contributed by atoms with Crippen LogP contribution in [0, 0.1) is 0 Å². The summed E-state index contributed by atoms with van der Waals surface area (Å²) < 4.78 is 5.79. The number of nitrogens with one attached hydrogen (secondary N) is 2. The zero-order chi connectivity index (χ0) is 17.1. The minimum atomic E-state index is -0.0488. The highest BCUT2D eigenvalue weighted by atomic mass is 16.5. The Morgan fingerprint density at radius 3 is 2.72 bits per heavy atom. The largest absolute Gasteiger partial charge is 0.460 e. The number of hydrogen-bond donors (Lipinski definition) is 2. The van der Waals surface area contributed by atoms with Crippen molar-refractivity contribution in [2.45, 2.75) is 37.8 Å². The van der Waals surface area contributed by atoms with Crippen molar-refractivity contribution >= 4 is 16.9 Å². The van der Waals surface area contributed by atoms with Gasteiger partial charge in [0.05, 0.1) is 17.4 Å². The Hall–Kier alpha value is -2.96. The molecular weight excluding hydrogens is 318 g/mol. The number of aromatic amines is 1. The number of amides is 1. The molecule has 1 aromatic carbocycles. The summed E-state index contributed by atoms with van der Waals surface area (Å²) in [5.74, 6) is -0.0488. The zero-order valence-corrected chi connectivity index (χ0v) is 13.7. The number of carbonyl (C=O) groups excluding carboxylic acids is 1. The number of nitrogens with zero attached hydrogens (tertiary/aromatic N) is 3. The maximum Gasteiger partial charge on any atom is 0.316 e. The van der Waals surface area contributed by atoms with Gasteiger partial charge in [0.1, 0.15) is 6.10 Å². The first-order valence-corrected chi connectivity index (χ1v) is 8.45. The van der Waals surface area contributed by atoms with E-state index in [-0.39, 0.29) is 18.1 Å². The van der Waals surface area contributed by atoms with Crippen LogP contribution in [0.5, 0.6) is 6.01 Å². The first kappa shape index (κ1) is 15.6. The Labute approximate surface area is 144 Å². The van der Waals surface area contributed by atoms with Crippen molar-refractivity contribution in [2.75, 3.05) is 0 Å². The lowest BCUT2D eigenvalue weighted by Crippen LogP contribution is -2.39. The van der Waals surface area contributed by atoms with E-state index in [2.05, 4.69) is 25.3 Å². The predicted octanol–water partition coefficient (Wildman–Crippen LogP) is 2.47. The van der Waals surface area contributed by atoms with Crippen molar-refractivity contribution in [1.29, 1.82) is 0 Å². The standard InChI is InChI=1S/C18H19N5O2/c24-17(12-2-7-15-16(10-12)22-11-21-15)23-13-3-5-14(6-4-13)25-18-19-8-1-9-20-18/h1-2,7-11,13-14H,3-6H2,(H,21,22)(H,23,24). The minimum Gasteiger partial charge on any atom is -0.460 e. The van der Waals surface area contributed by atoms with E-state index in [1.165, 1.54) is 0 Å². The molecule has 2 heterocycles. The molecule has 0 radical (unpaired) electrons. The van der Waals surface area contributed by atoms with Crippen LogP contribution >= 0.6 is 0 Å². The van der Waals surface area contributed by atoms with Gasteiger partial charge in [0.25, 0.3) is 5.91 Å². The summed E-state index contributed by atoms with van der Waals surface area (Å²) in [6, 6.07) is 7.84. The van der Waals surface area contributed by atoms with E-state index in [1.54, 1.807) is 30.9 Å². The summed E-state index contributed by atoms with van der Waals surface area (Å²) in [7, 11) is 0. The molecule has 0 bridgehead atoms. The molecule has 7 heteroatoms. The molecule has 0 unspecified atom stereocenters. The van der Waals surface area contributed by atoms with Gasteiger partial charge in [0, 0.05) is 24.0 Å². The van der Waals surface area contributed by atoms with Gasteiger partial charge in [-0.25, -0.2) is 15.0 Å². The third-order valence-corrected chi connectivity index (χ3v) is 4.51. The number of ether oxygens (including phenoxy) is 1. The first-order valence-electron chi connectivity index (χ1n) is 8.45. The van der Waals surface area contributed by atoms with Gasteiger partial charge in [0.2, 0.25) is 0 Å². The summed E-state index contributed by atoms with van der Waals surface area (Å²) in [5, 5.41) is 3.12. The molecule has 7 nitrogen and oxygen atoms in total. The van der Waals surface area contributed by atoms with E-state index in [4.69, 9.17) is 4.74 Å². The molecule has 3 aromatic rings. The van der Waals surface area contributed by atoms with Crippen LogP contribution in [0.1, 0.15) is 36.0 Å². The second kappa shape index (κ2) is 6.88. The third kappa shape index (κ3) is 3.60. The summed E-state index contributed by atoms with van der Waals surface area (Å²) in [4.78, 5) is 27.8. The van der Waals surface area contributed by atoms with E-state index >= 15 is 0 Å². The van der Waals surface area contributed by atoms with Crippen molar-refractivity contribution < 1.29 is 9.53 Å². The van der Waals surface area contributed by atoms with Crippen molar-refractivity contribution in [1.82, 2.24) is 25.3 Å². The van der Waals surface area contributed by atoms with E-state index in [0.29, 0.717) is 11.6 Å². The van der Waals surface area contributed by atoms with Gasteiger partial charge in [-0.05, 0) is 49.9 Å². The number of hydrogen-bond acceptors (Lipinski definition) is 5. The molecule has 25 heavy (non-hydrogen) atoms. The SMILES string of the molecule is O=C(NC1CCC(Oc2ncccn2)CC1)c1ccc2nc[nH]c2c1. The number of carbonyl (C=O) groups is 1. The van der Waals surface area contributed by atoms with E-state index in [0.717, 1.165) is 36.7 Å². The second-order valence-corrected chi connectivity index (χ2v) is 6.23. The molecule has 0 aliphatic heterocycles. The van der Waals surface area contributed by atoms with Crippen LogP contribution in [0.15, 0.2) is 43.0 Å². The molecule has 1 saturated carbocycles. The molecule has 4 rings (SSSR count). The fraction of sp³-hybridized carbons (Fsp3) is 0.333. The van der Waals surface area contributed by atoms with Crippen molar-refractivity contribution in [3.8, 4) is 6.01 Å². The highest BCUT2D eigenvalue weighted by Gasteiger charge is 2.24. The maximum absolute atomic E-state index is 12.5. The highest BCUT2D eigenvalue weighted by molar-refractivity contribution is 5.97. The van der Waals surface area contributed by atoms with E-state index in [9.17, 15) is 4.79 Å². The average molecular weight is 337 g/mol. The van der Waals surface area contributed by atoms with Gasteiger partial charge < -0.3 is 15.0 Å². The zero-order valence-electron chi connectivity index (χ0n) is 13.7. The van der Waals surface area contributed by atoms with Crippen molar-refractivity contribution in [2.24, 2.45) is 0 Å². The summed E-state index contributed by atoms with van der Waals surface area (Å²) in [6.45, 7) is 0. The van der Waals surface area contributed by atoms with Crippen LogP contribution in [-0.4, -0.2) is 38.0 Å². The summed E-state index contributed by atoms with van der Waals surface area (Å²) in [5.41, 5.74) is 2.37. The first-order chi connectivity index (χ1) is 12.3.